The number of hydrogen-bond acceptors (Lipinski definition) is 4. The van der Waals surface area contributed by atoms with Crippen molar-refractivity contribution in [2.24, 2.45) is 0 Å². The average molecular weight is 544 g/mol. The second-order valence-corrected chi connectivity index (χ2v) is 9.43. The Morgan fingerprint density at radius 1 is 1.11 bits per heavy atom. The van der Waals surface area contributed by atoms with Crippen molar-refractivity contribution in [1.29, 1.82) is 0 Å². The van der Waals surface area contributed by atoms with Crippen LogP contribution in [0.4, 0.5) is 5.69 Å². The first-order valence-electron chi connectivity index (χ1n) is 12.5. The number of carbonyl (C=O) groups is 2. The van der Waals surface area contributed by atoms with E-state index in [2.05, 4.69) is 15.9 Å². The molecule has 35 heavy (non-hydrogen) atoms. The molecule has 0 saturated heterocycles. The van der Waals surface area contributed by atoms with Crippen LogP contribution in [0.15, 0.2) is 52.6 Å². The van der Waals surface area contributed by atoms with Crippen LogP contribution in [-0.2, 0) is 16.8 Å². The minimum atomic E-state index is -0.499. The van der Waals surface area contributed by atoms with Gasteiger partial charge in [-0.25, -0.2) is 0 Å². The number of rotatable bonds is 6. The van der Waals surface area contributed by atoms with E-state index in [0.717, 1.165) is 52.0 Å². The third kappa shape index (κ3) is 5.64. The maximum absolute atomic E-state index is 13.6. The Bertz CT molecular complexity index is 1070. The monoisotopic (exact) mass is 542 g/mol. The van der Waals surface area contributed by atoms with Crippen molar-refractivity contribution in [2.45, 2.75) is 65.8 Å². The molecule has 6 heteroatoms. The second kappa shape index (κ2) is 12.4. The van der Waals surface area contributed by atoms with Crippen LogP contribution < -0.4 is 9.64 Å². The Morgan fingerprint density at radius 3 is 2.20 bits per heavy atom. The van der Waals surface area contributed by atoms with Crippen molar-refractivity contribution in [2.75, 3.05) is 26.1 Å². The number of fused-ring (bicyclic) bond motifs is 2. The Hall–Kier alpha value is -2.60. The van der Waals surface area contributed by atoms with Gasteiger partial charge in [0.05, 0.1) is 24.8 Å². The van der Waals surface area contributed by atoms with Gasteiger partial charge in [-0.05, 0) is 71.1 Å². The number of anilines is 1. The molecule has 0 aromatic heterocycles. The predicted octanol–water partition coefficient (Wildman–Crippen LogP) is 7.13. The van der Waals surface area contributed by atoms with Crippen LogP contribution in [-0.4, -0.2) is 37.8 Å². The summed E-state index contributed by atoms with van der Waals surface area (Å²) in [5.74, 6) is 0.873. The van der Waals surface area contributed by atoms with E-state index >= 15 is 0 Å². The molecule has 190 valence electrons. The van der Waals surface area contributed by atoms with Gasteiger partial charge in [0.2, 0.25) is 5.91 Å². The molecule has 0 N–H and O–H groups in total. The van der Waals surface area contributed by atoms with Crippen molar-refractivity contribution in [1.82, 2.24) is 4.90 Å². The topological polar surface area (TPSA) is 49.9 Å². The zero-order valence-corrected chi connectivity index (χ0v) is 24.0. The Morgan fingerprint density at radius 2 is 1.71 bits per heavy atom. The largest absolute Gasteiger partial charge is 0.497 e. The van der Waals surface area contributed by atoms with Crippen LogP contribution in [0.5, 0.6) is 5.75 Å². The molecule has 2 aromatic carbocycles. The van der Waals surface area contributed by atoms with E-state index in [0.29, 0.717) is 12.1 Å². The van der Waals surface area contributed by atoms with Crippen molar-refractivity contribution >= 4 is 33.3 Å². The van der Waals surface area contributed by atoms with Crippen molar-refractivity contribution < 1.29 is 14.3 Å². The van der Waals surface area contributed by atoms with Gasteiger partial charge in [-0.1, -0.05) is 46.2 Å². The molecule has 0 unspecified atom stereocenters. The van der Waals surface area contributed by atoms with Crippen molar-refractivity contribution in [3.8, 4) is 5.75 Å². The van der Waals surface area contributed by atoms with E-state index in [4.69, 9.17) is 4.74 Å². The van der Waals surface area contributed by atoms with Crippen molar-refractivity contribution in [3.63, 3.8) is 0 Å². The molecule has 1 saturated carbocycles. The SMILES string of the molecule is CC.CC.COc1ccc(CN2C(=O)C3(CCC3)c3cc(C(=O)/C=C(\C)N(C)C)cc(Br)c32)cc1. The summed E-state index contributed by atoms with van der Waals surface area (Å²) in [5, 5.41) is 0. The number of carbonyl (C=O) groups excluding carboxylic acids is 2. The Labute approximate surface area is 219 Å². The molecule has 2 aliphatic rings. The summed E-state index contributed by atoms with van der Waals surface area (Å²) in [7, 11) is 5.47. The van der Waals surface area contributed by atoms with E-state index in [1.807, 2.05) is 94.9 Å². The normalized spacial score (nSPS) is 15.3. The first-order chi connectivity index (χ1) is 16.8. The summed E-state index contributed by atoms with van der Waals surface area (Å²) in [6.07, 6.45) is 4.33. The van der Waals surface area contributed by atoms with Gasteiger partial charge in [0.25, 0.3) is 0 Å². The van der Waals surface area contributed by atoms with E-state index < -0.39 is 5.41 Å². The van der Waals surface area contributed by atoms with Crippen LogP contribution in [0.1, 0.15) is 75.4 Å². The molecule has 1 aliphatic heterocycles. The Kier molecular flexibility index (Phi) is 10.1. The lowest BCUT2D eigenvalue weighted by Crippen LogP contribution is -2.44. The van der Waals surface area contributed by atoms with Crippen LogP contribution >= 0.6 is 15.9 Å². The molecule has 0 bridgehead atoms. The molecule has 1 fully saturated rings. The number of benzene rings is 2. The summed E-state index contributed by atoms with van der Waals surface area (Å²) in [6.45, 7) is 10.4. The maximum Gasteiger partial charge on any atom is 0.238 e. The first kappa shape index (κ1) is 28.6. The highest BCUT2D eigenvalue weighted by molar-refractivity contribution is 9.10. The summed E-state index contributed by atoms with van der Waals surface area (Å²) in [5.41, 5.74) is 3.90. The van der Waals surface area contributed by atoms with E-state index in [1.54, 1.807) is 13.2 Å². The maximum atomic E-state index is 13.6. The zero-order valence-electron chi connectivity index (χ0n) is 22.4. The fourth-order valence-electron chi connectivity index (χ4n) is 4.34. The van der Waals surface area contributed by atoms with Gasteiger partial charge in [-0.3, -0.25) is 9.59 Å². The van der Waals surface area contributed by atoms with E-state index in [-0.39, 0.29) is 11.7 Å². The van der Waals surface area contributed by atoms with Crippen LogP contribution in [0.2, 0.25) is 0 Å². The fourth-order valence-corrected chi connectivity index (χ4v) is 5.01. The lowest BCUT2D eigenvalue weighted by Gasteiger charge is -2.37. The molecule has 0 radical (unpaired) electrons. The Balaban J connectivity index is 0.00000103. The van der Waals surface area contributed by atoms with Gasteiger partial charge >= 0.3 is 0 Å². The number of ether oxygens (including phenoxy) is 1. The van der Waals surface area contributed by atoms with Crippen LogP contribution in [0.25, 0.3) is 0 Å². The minimum absolute atomic E-state index is 0.0507. The average Bonchev–Trinajstić information content (AvgIpc) is 3.10. The van der Waals surface area contributed by atoms with Crippen LogP contribution in [0.3, 0.4) is 0 Å². The van der Waals surface area contributed by atoms with Crippen molar-refractivity contribution in [3.05, 3.63) is 69.3 Å². The van der Waals surface area contributed by atoms with E-state index in [1.165, 1.54) is 0 Å². The number of methoxy groups -OCH3 is 1. The minimum Gasteiger partial charge on any atom is -0.497 e. The molecule has 5 nitrogen and oxygen atoms in total. The van der Waals surface area contributed by atoms with Gasteiger partial charge in [0.1, 0.15) is 5.75 Å². The summed E-state index contributed by atoms with van der Waals surface area (Å²) in [4.78, 5) is 30.3. The summed E-state index contributed by atoms with van der Waals surface area (Å²) in [6, 6.07) is 11.6. The quantitative estimate of drug-likeness (QED) is 0.287. The number of hydrogen-bond donors (Lipinski definition) is 0. The number of amides is 1. The third-order valence-corrected chi connectivity index (χ3v) is 7.14. The molecule has 4 rings (SSSR count). The first-order valence-corrected chi connectivity index (χ1v) is 13.2. The molecule has 1 spiro atoms. The van der Waals surface area contributed by atoms with Gasteiger partial charge < -0.3 is 14.5 Å². The smallest absolute Gasteiger partial charge is 0.238 e. The van der Waals surface area contributed by atoms with Gasteiger partial charge in [-0.2, -0.15) is 0 Å². The lowest BCUT2D eigenvalue weighted by molar-refractivity contribution is -0.126. The third-order valence-electron chi connectivity index (χ3n) is 6.54. The summed E-state index contributed by atoms with van der Waals surface area (Å²) < 4.78 is 6.03. The highest BCUT2D eigenvalue weighted by Gasteiger charge is 2.55. The zero-order chi connectivity index (χ0) is 26.3. The number of ketones is 1. The molecule has 1 amide bonds. The number of halogens is 1. The van der Waals surface area contributed by atoms with Gasteiger partial charge in [-0.15, -0.1) is 0 Å². The van der Waals surface area contributed by atoms with Gasteiger partial charge in [0.15, 0.2) is 5.78 Å². The predicted molar refractivity (Wildman–Crippen MR) is 148 cm³/mol. The standard InChI is InChI=1S/C25H27BrN2O3.2C2H6/c1-16(27(2)3)12-22(29)18-13-20-23(21(26)14-18)28(24(30)25(20)10-5-11-25)15-17-6-8-19(31-4)9-7-17;2*1-2/h6-9,12-14H,5,10-11,15H2,1-4H3;2*1-2H3/b16-12+;;. The molecular weight excluding hydrogens is 504 g/mol. The van der Waals surface area contributed by atoms with Crippen LogP contribution in [0, 0.1) is 0 Å². The second-order valence-electron chi connectivity index (χ2n) is 8.57. The van der Waals surface area contributed by atoms with Gasteiger partial charge in [0, 0.05) is 35.9 Å². The lowest BCUT2D eigenvalue weighted by atomic mass is 9.65. The number of nitrogens with zero attached hydrogens (tertiary/aromatic N) is 2. The molecular formula is C29H39BrN2O3. The molecule has 0 atom stereocenters. The highest BCUT2D eigenvalue weighted by Crippen LogP contribution is 2.56. The summed E-state index contributed by atoms with van der Waals surface area (Å²) >= 11 is 3.67. The molecule has 1 heterocycles. The molecule has 1 aliphatic carbocycles. The van der Waals surface area contributed by atoms with E-state index in [9.17, 15) is 9.59 Å². The fraction of sp³-hybridized carbons (Fsp3) is 0.448. The highest BCUT2D eigenvalue weighted by atomic mass is 79.9. The number of allylic oxidation sites excluding steroid dienone is 2. The molecule has 2 aromatic rings.